The molecule has 5 aliphatic rings. The van der Waals surface area contributed by atoms with Crippen LogP contribution in [0.3, 0.4) is 0 Å². The van der Waals surface area contributed by atoms with Crippen LogP contribution in [0.4, 0.5) is 5.69 Å². The first-order valence-corrected chi connectivity index (χ1v) is 11.6. The molecule has 1 N–H and O–H groups in total. The summed E-state index contributed by atoms with van der Waals surface area (Å²) in [7, 11) is 0. The number of rotatable bonds is 1. The number of likely N-dealkylation sites (tertiary alicyclic amines) is 1. The quantitative estimate of drug-likeness (QED) is 0.556. The first-order chi connectivity index (χ1) is 14.3. The van der Waals surface area contributed by atoms with Crippen molar-refractivity contribution in [1.29, 1.82) is 0 Å². The fourth-order valence-corrected chi connectivity index (χ4v) is 6.69. The summed E-state index contributed by atoms with van der Waals surface area (Å²) in [5, 5.41) is 4.33. The highest BCUT2D eigenvalue weighted by Crippen LogP contribution is 2.45. The second kappa shape index (κ2) is 7.17. The summed E-state index contributed by atoms with van der Waals surface area (Å²) in [4.78, 5) is 5.26. The Kier molecular flexibility index (Phi) is 4.45. The van der Waals surface area contributed by atoms with Crippen LogP contribution in [0.1, 0.15) is 38.5 Å². The molecule has 4 aliphatic heterocycles. The number of piperidine rings is 3. The molecule has 6 rings (SSSR count). The monoisotopic (exact) mass is 411 g/mol. The molecule has 0 amide bonds. The fourth-order valence-electron chi connectivity index (χ4n) is 6.37. The molecule has 2 bridgehead atoms. The number of thiocarbonyl (C=S) groups is 1. The van der Waals surface area contributed by atoms with Crippen molar-refractivity contribution < 1.29 is 9.47 Å². The van der Waals surface area contributed by atoms with E-state index in [2.05, 4.69) is 21.2 Å². The number of fused-ring (bicyclic) bond motifs is 7. The molecule has 0 spiro atoms. The van der Waals surface area contributed by atoms with Gasteiger partial charge in [-0.2, -0.15) is 0 Å². The molecule has 0 aromatic heterocycles. The van der Waals surface area contributed by atoms with Gasteiger partial charge in [-0.15, -0.1) is 0 Å². The van der Waals surface area contributed by atoms with Crippen LogP contribution in [0, 0.1) is 11.8 Å². The second-order valence-electron chi connectivity index (χ2n) is 9.20. The van der Waals surface area contributed by atoms with Gasteiger partial charge in [0.25, 0.3) is 0 Å². The van der Waals surface area contributed by atoms with Crippen LogP contribution in [0.2, 0.25) is 0 Å². The van der Waals surface area contributed by atoms with E-state index < -0.39 is 0 Å². The van der Waals surface area contributed by atoms with Crippen LogP contribution in [0.15, 0.2) is 29.8 Å². The first kappa shape index (κ1) is 18.0. The molecule has 4 unspecified atom stereocenters. The molecule has 4 heterocycles. The van der Waals surface area contributed by atoms with Gasteiger partial charge in [0.05, 0.1) is 6.04 Å². The van der Waals surface area contributed by atoms with Crippen LogP contribution in [0.25, 0.3) is 0 Å². The van der Waals surface area contributed by atoms with Gasteiger partial charge in [-0.3, -0.25) is 4.90 Å². The van der Waals surface area contributed by atoms with Gasteiger partial charge in [0, 0.05) is 30.9 Å². The van der Waals surface area contributed by atoms with Crippen LogP contribution >= 0.6 is 12.2 Å². The van der Waals surface area contributed by atoms with Gasteiger partial charge in [0.15, 0.2) is 16.6 Å². The highest BCUT2D eigenvalue weighted by atomic mass is 32.1. The molecule has 1 aromatic carbocycles. The maximum Gasteiger partial charge on any atom is 0.231 e. The maximum absolute atomic E-state index is 5.92. The normalized spacial score (nSPS) is 32.8. The van der Waals surface area contributed by atoms with E-state index in [9.17, 15) is 0 Å². The van der Waals surface area contributed by atoms with Crippen molar-refractivity contribution in [2.24, 2.45) is 11.8 Å². The highest BCUT2D eigenvalue weighted by molar-refractivity contribution is 7.80. The molecule has 0 saturated carbocycles. The van der Waals surface area contributed by atoms with E-state index in [4.69, 9.17) is 21.7 Å². The Hall–Kier alpha value is -1.79. The van der Waals surface area contributed by atoms with E-state index in [0.29, 0.717) is 18.8 Å². The van der Waals surface area contributed by atoms with Gasteiger partial charge in [-0.05, 0) is 74.8 Å². The van der Waals surface area contributed by atoms with Crippen molar-refractivity contribution >= 4 is 23.0 Å². The zero-order valence-electron chi connectivity index (χ0n) is 16.8. The topological polar surface area (TPSA) is 37.0 Å². The predicted molar refractivity (Wildman–Crippen MR) is 117 cm³/mol. The van der Waals surface area contributed by atoms with E-state index >= 15 is 0 Å². The maximum atomic E-state index is 5.92. The molecule has 1 aromatic rings. The largest absolute Gasteiger partial charge is 0.454 e. The molecule has 3 fully saturated rings. The van der Waals surface area contributed by atoms with Gasteiger partial charge < -0.3 is 19.7 Å². The second-order valence-corrected chi connectivity index (χ2v) is 9.59. The minimum Gasteiger partial charge on any atom is -0.454 e. The van der Waals surface area contributed by atoms with Crippen LogP contribution in [-0.2, 0) is 0 Å². The first-order valence-electron chi connectivity index (χ1n) is 11.2. The number of anilines is 1. The summed E-state index contributed by atoms with van der Waals surface area (Å²) >= 11 is 5.92. The molecule has 1 aliphatic carbocycles. The van der Waals surface area contributed by atoms with Crippen molar-refractivity contribution in [2.75, 3.05) is 31.7 Å². The van der Waals surface area contributed by atoms with Crippen LogP contribution < -0.4 is 14.8 Å². The Labute approximate surface area is 178 Å². The number of nitrogens with one attached hydrogen (secondary N) is 1. The standard InChI is InChI=1S/C23H29N3O2S/c29-23(24-18-6-7-20-21(12-18)28-14-27-20)26-9-3-4-15-10-16-11-17(22(15)26)13-25-8-2-1-5-19(16)25/h6-7,10,12,16-17,19,22H,1-5,8-9,11,13-14H2,(H,24,29). The Morgan fingerprint density at radius 1 is 1.10 bits per heavy atom. The van der Waals surface area contributed by atoms with Gasteiger partial charge in [0.1, 0.15) is 0 Å². The summed E-state index contributed by atoms with van der Waals surface area (Å²) in [5.41, 5.74) is 2.63. The van der Waals surface area contributed by atoms with Crippen molar-refractivity contribution in [3.63, 3.8) is 0 Å². The Morgan fingerprint density at radius 3 is 3.00 bits per heavy atom. The van der Waals surface area contributed by atoms with Gasteiger partial charge >= 0.3 is 0 Å². The number of hydrogen-bond acceptors (Lipinski definition) is 4. The molecule has 5 nitrogen and oxygen atoms in total. The number of ether oxygens (including phenoxy) is 2. The minimum absolute atomic E-state index is 0.298. The van der Waals surface area contributed by atoms with E-state index in [0.717, 1.165) is 40.8 Å². The fraction of sp³-hybridized carbons (Fsp3) is 0.609. The molecule has 0 radical (unpaired) electrons. The molecule has 6 heteroatoms. The lowest BCUT2D eigenvalue weighted by Crippen LogP contribution is -2.60. The van der Waals surface area contributed by atoms with Crippen molar-refractivity contribution in [3.05, 3.63) is 29.8 Å². The van der Waals surface area contributed by atoms with Gasteiger partial charge in [0.2, 0.25) is 6.79 Å². The number of benzene rings is 1. The third-order valence-corrected chi connectivity index (χ3v) is 7.88. The van der Waals surface area contributed by atoms with Gasteiger partial charge in [-0.1, -0.05) is 18.1 Å². The van der Waals surface area contributed by atoms with E-state index in [1.165, 1.54) is 51.6 Å². The van der Waals surface area contributed by atoms with Crippen LogP contribution in [-0.4, -0.2) is 53.4 Å². The summed E-state index contributed by atoms with van der Waals surface area (Å²) < 4.78 is 11.0. The lowest BCUT2D eigenvalue weighted by molar-refractivity contribution is 0.0132. The average Bonchev–Trinajstić information content (AvgIpc) is 3.21. The lowest BCUT2D eigenvalue weighted by Gasteiger charge is -2.55. The summed E-state index contributed by atoms with van der Waals surface area (Å²) in [5.74, 6) is 3.06. The molecule has 29 heavy (non-hydrogen) atoms. The zero-order chi connectivity index (χ0) is 19.4. The smallest absolute Gasteiger partial charge is 0.231 e. The summed E-state index contributed by atoms with van der Waals surface area (Å²) in [6, 6.07) is 7.23. The Morgan fingerprint density at radius 2 is 2.03 bits per heavy atom. The van der Waals surface area contributed by atoms with E-state index in [1.54, 1.807) is 5.57 Å². The Bertz CT molecular complexity index is 857. The SMILES string of the molecule is S=C(Nc1ccc2c(c1)OCO2)N1CCCC2=CC3CC(CN4CCCCC34)C21. The Balaban J connectivity index is 1.24. The third-order valence-electron chi connectivity index (χ3n) is 7.54. The zero-order valence-corrected chi connectivity index (χ0v) is 17.6. The van der Waals surface area contributed by atoms with E-state index in [-0.39, 0.29) is 0 Å². The predicted octanol–water partition coefficient (Wildman–Crippen LogP) is 4.01. The van der Waals surface area contributed by atoms with Crippen LogP contribution in [0.5, 0.6) is 11.5 Å². The van der Waals surface area contributed by atoms with E-state index in [1.807, 2.05) is 18.2 Å². The third kappa shape index (κ3) is 3.12. The highest BCUT2D eigenvalue weighted by Gasteiger charge is 2.46. The van der Waals surface area contributed by atoms with Crippen molar-refractivity contribution in [1.82, 2.24) is 9.80 Å². The van der Waals surface area contributed by atoms with Crippen molar-refractivity contribution in [2.45, 2.75) is 50.6 Å². The summed E-state index contributed by atoms with van der Waals surface area (Å²) in [6.07, 6.45) is 10.6. The lowest BCUT2D eigenvalue weighted by atomic mass is 9.68. The molecular formula is C23H29N3O2S. The number of nitrogens with zero attached hydrogens (tertiary/aromatic N) is 2. The average molecular weight is 412 g/mol. The summed E-state index contributed by atoms with van der Waals surface area (Å²) in [6.45, 7) is 3.87. The molecule has 154 valence electrons. The molecule has 3 saturated heterocycles. The van der Waals surface area contributed by atoms with Gasteiger partial charge in [-0.25, -0.2) is 0 Å². The minimum atomic E-state index is 0.298. The van der Waals surface area contributed by atoms with Crippen molar-refractivity contribution in [3.8, 4) is 11.5 Å². The molecule has 4 atom stereocenters. The molecular weight excluding hydrogens is 382 g/mol. The number of hydrogen-bond donors (Lipinski definition) is 1.